The van der Waals surface area contributed by atoms with Crippen LogP contribution in [-0.2, 0) is 11.2 Å². The Bertz CT molecular complexity index is 903. The Kier molecular flexibility index (Phi) is 5.08. The van der Waals surface area contributed by atoms with Gasteiger partial charge in [-0.2, -0.15) is 5.10 Å². The molecule has 154 valence electrons. The lowest BCUT2D eigenvalue weighted by molar-refractivity contribution is -0.131. The standard InChI is InChI=1S/C21H25ClN4O3/c22-16-10-13(11-17-19(16)29-9-1-8-28-17)12-18(27)26-6-4-15(5-7-26)21-23-20(24-25-21)14-2-3-14/h10-11,14-15H,1-9,12H2,(H,23,24,25). The van der Waals surface area contributed by atoms with Gasteiger partial charge >= 0.3 is 0 Å². The molecule has 29 heavy (non-hydrogen) atoms. The summed E-state index contributed by atoms with van der Waals surface area (Å²) in [6.45, 7) is 2.66. The van der Waals surface area contributed by atoms with Gasteiger partial charge < -0.3 is 14.4 Å². The van der Waals surface area contributed by atoms with Gasteiger partial charge in [0.05, 0.1) is 24.7 Å². The Morgan fingerprint density at radius 2 is 1.93 bits per heavy atom. The molecule has 3 heterocycles. The van der Waals surface area contributed by atoms with Crippen molar-refractivity contribution in [2.75, 3.05) is 26.3 Å². The fraction of sp³-hybridized carbons (Fsp3) is 0.571. The smallest absolute Gasteiger partial charge is 0.226 e. The molecule has 1 aromatic heterocycles. The highest BCUT2D eigenvalue weighted by Gasteiger charge is 2.30. The quantitative estimate of drug-likeness (QED) is 0.825. The highest BCUT2D eigenvalue weighted by Crippen LogP contribution is 2.39. The molecule has 2 fully saturated rings. The van der Waals surface area contributed by atoms with Crippen LogP contribution in [0.15, 0.2) is 12.1 Å². The third-order valence-electron chi connectivity index (χ3n) is 5.91. The second kappa shape index (κ2) is 7.86. The highest BCUT2D eigenvalue weighted by molar-refractivity contribution is 6.32. The molecule has 1 aliphatic carbocycles. The SMILES string of the molecule is O=C(Cc1cc(Cl)c2c(c1)OCCCO2)N1CCC(c2nc(C3CC3)n[nH]2)CC1. The van der Waals surface area contributed by atoms with E-state index in [-0.39, 0.29) is 5.91 Å². The molecule has 1 saturated heterocycles. The molecule has 5 rings (SSSR count). The van der Waals surface area contributed by atoms with E-state index in [0.717, 1.165) is 49.6 Å². The van der Waals surface area contributed by atoms with E-state index in [0.29, 0.717) is 48.0 Å². The number of H-pyrrole nitrogens is 1. The number of hydrogen-bond donors (Lipinski definition) is 1. The molecule has 0 spiro atoms. The molecule has 1 amide bonds. The van der Waals surface area contributed by atoms with Gasteiger partial charge in [0.2, 0.25) is 5.91 Å². The number of carbonyl (C=O) groups excluding carboxylic acids is 1. The molecule has 0 radical (unpaired) electrons. The molecule has 2 aliphatic heterocycles. The number of carbonyl (C=O) groups is 1. The summed E-state index contributed by atoms with van der Waals surface area (Å²) < 4.78 is 11.4. The Hall–Kier alpha value is -2.28. The van der Waals surface area contributed by atoms with Gasteiger partial charge in [0.15, 0.2) is 17.3 Å². The third-order valence-corrected chi connectivity index (χ3v) is 6.19. The van der Waals surface area contributed by atoms with Gasteiger partial charge in [-0.3, -0.25) is 9.89 Å². The first-order chi connectivity index (χ1) is 14.2. The topological polar surface area (TPSA) is 80.3 Å². The van der Waals surface area contributed by atoms with Crippen LogP contribution in [0, 0.1) is 0 Å². The summed E-state index contributed by atoms with van der Waals surface area (Å²) >= 11 is 6.36. The average molecular weight is 417 g/mol. The number of nitrogens with one attached hydrogen (secondary N) is 1. The van der Waals surface area contributed by atoms with Crippen molar-refractivity contribution in [3.8, 4) is 11.5 Å². The Morgan fingerprint density at radius 1 is 1.14 bits per heavy atom. The van der Waals surface area contributed by atoms with Gasteiger partial charge in [0.1, 0.15) is 5.82 Å². The summed E-state index contributed by atoms with van der Waals surface area (Å²) in [5, 5.41) is 7.98. The molecular formula is C21H25ClN4O3. The van der Waals surface area contributed by atoms with E-state index in [1.54, 1.807) is 0 Å². The molecule has 1 N–H and O–H groups in total. The van der Waals surface area contributed by atoms with Crippen LogP contribution in [0.2, 0.25) is 5.02 Å². The summed E-state index contributed by atoms with van der Waals surface area (Å²) in [4.78, 5) is 19.5. The van der Waals surface area contributed by atoms with E-state index in [1.165, 1.54) is 12.8 Å². The predicted octanol–water partition coefficient (Wildman–Crippen LogP) is 3.45. The summed E-state index contributed by atoms with van der Waals surface area (Å²) in [5.41, 5.74) is 0.857. The number of hydrogen-bond acceptors (Lipinski definition) is 5. The number of aromatic amines is 1. The van der Waals surface area contributed by atoms with Gasteiger partial charge in [-0.1, -0.05) is 11.6 Å². The van der Waals surface area contributed by atoms with E-state index in [1.807, 2.05) is 17.0 Å². The number of amides is 1. The van der Waals surface area contributed by atoms with Crippen molar-refractivity contribution in [3.05, 3.63) is 34.4 Å². The van der Waals surface area contributed by atoms with Crippen molar-refractivity contribution < 1.29 is 14.3 Å². The zero-order chi connectivity index (χ0) is 19.8. The van der Waals surface area contributed by atoms with Gasteiger partial charge in [-0.25, -0.2) is 4.98 Å². The normalized spacial score (nSPS) is 19.8. The van der Waals surface area contributed by atoms with Crippen LogP contribution in [0.4, 0.5) is 0 Å². The van der Waals surface area contributed by atoms with Crippen LogP contribution in [-0.4, -0.2) is 52.3 Å². The summed E-state index contributed by atoms with van der Waals surface area (Å²) in [5.74, 6) is 4.19. The number of ether oxygens (including phenoxy) is 2. The predicted molar refractivity (Wildman–Crippen MR) is 108 cm³/mol. The lowest BCUT2D eigenvalue weighted by Crippen LogP contribution is -2.39. The molecular weight excluding hydrogens is 392 g/mol. The summed E-state index contributed by atoms with van der Waals surface area (Å²) in [6.07, 6.45) is 5.36. The fourth-order valence-corrected chi connectivity index (χ4v) is 4.36. The van der Waals surface area contributed by atoms with Gasteiger partial charge in [-0.15, -0.1) is 0 Å². The number of halogens is 1. The monoisotopic (exact) mass is 416 g/mol. The van der Waals surface area contributed by atoms with Crippen LogP contribution in [0.3, 0.4) is 0 Å². The van der Waals surface area contributed by atoms with E-state index in [9.17, 15) is 4.79 Å². The van der Waals surface area contributed by atoms with Crippen LogP contribution < -0.4 is 9.47 Å². The first-order valence-corrected chi connectivity index (χ1v) is 10.8. The molecule has 8 heteroatoms. The minimum absolute atomic E-state index is 0.116. The number of likely N-dealkylation sites (tertiary alicyclic amines) is 1. The van der Waals surface area contributed by atoms with Crippen LogP contribution in [0.25, 0.3) is 0 Å². The summed E-state index contributed by atoms with van der Waals surface area (Å²) in [7, 11) is 0. The van der Waals surface area contributed by atoms with Crippen molar-refractivity contribution in [3.63, 3.8) is 0 Å². The highest BCUT2D eigenvalue weighted by atomic mass is 35.5. The zero-order valence-corrected chi connectivity index (χ0v) is 17.1. The van der Waals surface area contributed by atoms with Crippen molar-refractivity contribution in [1.82, 2.24) is 20.1 Å². The van der Waals surface area contributed by atoms with Crippen molar-refractivity contribution in [2.45, 2.75) is 50.4 Å². The summed E-state index contributed by atoms with van der Waals surface area (Å²) in [6, 6.07) is 3.69. The lowest BCUT2D eigenvalue weighted by Gasteiger charge is -2.31. The molecule has 7 nitrogen and oxygen atoms in total. The maximum Gasteiger partial charge on any atom is 0.226 e. The van der Waals surface area contributed by atoms with Crippen molar-refractivity contribution in [1.29, 1.82) is 0 Å². The van der Waals surface area contributed by atoms with Gasteiger partial charge in [-0.05, 0) is 43.4 Å². The molecule has 0 bridgehead atoms. The fourth-order valence-electron chi connectivity index (χ4n) is 4.07. The van der Waals surface area contributed by atoms with E-state index < -0.39 is 0 Å². The van der Waals surface area contributed by atoms with Crippen LogP contribution in [0.1, 0.15) is 61.2 Å². The second-order valence-corrected chi connectivity index (χ2v) is 8.55. The molecule has 3 aliphatic rings. The minimum Gasteiger partial charge on any atom is -0.489 e. The van der Waals surface area contributed by atoms with E-state index in [2.05, 4.69) is 15.2 Å². The minimum atomic E-state index is 0.116. The van der Waals surface area contributed by atoms with Crippen molar-refractivity contribution >= 4 is 17.5 Å². The average Bonchev–Trinajstić information content (AvgIpc) is 3.50. The first-order valence-electron chi connectivity index (χ1n) is 10.5. The van der Waals surface area contributed by atoms with Crippen molar-refractivity contribution in [2.24, 2.45) is 0 Å². The number of piperidine rings is 1. The maximum atomic E-state index is 12.8. The third kappa shape index (κ3) is 4.06. The number of fused-ring (bicyclic) bond motifs is 1. The number of nitrogens with zero attached hydrogens (tertiary/aromatic N) is 3. The maximum absolute atomic E-state index is 12.8. The Morgan fingerprint density at radius 3 is 2.72 bits per heavy atom. The molecule has 1 aromatic carbocycles. The van der Waals surface area contributed by atoms with Gasteiger partial charge in [0.25, 0.3) is 0 Å². The molecule has 0 unspecified atom stereocenters. The first kappa shape index (κ1) is 18.7. The molecule has 2 aromatic rings. The second-order valence-electron chi connectivity index (χ2n) is 8.14. The largest absolute Gasteiger partial charge is 0.489 e. The number of aromatic nitrogens is 3. The van der Waals surface area contributed by atoms with Crippen LogP contribution >= 0.6 is 11.6 Å². The van der Waals surface area contributed by atoms with E-state index in [4.69, 9.17) is 21.1 Å². The lowest BCUT2D eigenvalue weighted by atomic mass is 9.95. The Labute approximate surface area is 174 Å². The zero-order valence-electron chi connectivity index (χ0n) is 16.3. The Balaban J connectivity index is 1.20. The van der Waals surface area contributed by atoms with E-state index >= 15 is 0 Å². The molecule has 0 atom stereocenters. The molecule has 1 saturated carbocycles. The van der Waals surface area contributed by atoms with Crippen LogP contribution in [0.5, 0.6) is 11.5 Å². The number of benzene rings is 1. The number of rotatable bonds is 4. The van der Waals surface area contributed by atoms with Gasteiger partial charge in [0, 0.05) is 31.3 Å².